The molecule has 0 radical (unpaired) electrons. The Morgan fingerprint density at radius 2 is 2.19 bits per heavy atom. The van der Waals surface area contributed by atoms with E-state index in [1.807, 2.05) is 0 Å². The van der Waals surface area contributed by atoms with Crippen molar-refractivity contribution < 1.29 is 9.59 Å². The number of amides is 2. The Morgan fingerprint density at radius 3 is 2.88 bits per heavy atom. The first-order valence-corrected chi connectivity index (χ1v) is 9.11. The molecule has 2 N–H and O–H groups in total. The van der Waals surface area contributed by atoms with Crippen molar-refractivity contribution in [3.05, 3.63) is 17.6 Å². The van der Waals surface area contributed by atoms with E-state index in [-0.39, 0.29) is 17.5 Å². The smallest absolute Gasteiger partial charge is 0.275 e. The van der Waals surface area contributed by atoms with Gasteiger partial charge in [0, 0.05) is 19.6 Å². The Labute approximate surface area is 154 Å². The van der Waals surface area contributed by atoms with Crippen LogP contribution in [0.25, 0.3) is 0 Å². The highest BCUT2D eigenvalue weighted by atomic mass is 16.2. The first-order chi connectivity index (χ1) is 12.4. The predicted octanol–water partition coefficient (Wildman–Crippen LogP) is 1.41. The molecular formula is C19H25N5O2. The maximum atomic E-state index is 12.9. The Kier molecular flexibility index (Phi) is 5.12. The highest BCUT2D eigenvalue weighted by Gasteiger charge is 2.41. The summed E-state index contributed by atoms with van der Waals surface area (Å²) in [5, 5.41) is 6.04. The molecule has 1 aromatic heterocycles. The van der Waals surface area contributed by atoms with Crippen LogP contribution in [0.3, 0.4) is 0 Å². The van der Waals surface area contributed by atoms with E-state index in [2.05, 4.69) is 26.5 Å². The SMILES string of the molecule is C#Cc1nc(C(=O)N2CCNC(=O)C2(C)C)cnc1NCC1CCCC1. The molecule has 0 aromatic carbocycles. The van der Waals surface area contributed by atoms with Gasteiger partial charge in [-0.3, -0.25) is 9.59 Å². The van der Waals surface area contributed by atoms with Gasteiger partial charge in [-0.25, -0.2) is 9.97 Å². The summed E-state index contributed by atoms with van der Waals surface area (Å²) in [6.07, 6.45) is 12.0. The van der Waals surface area contributed by atoms with Gasteiger partial charge in [-0.2, -0.15) is 0 Å². The van der Waals surface area contributed by atoms with Crippen molar-refractivity contribution in [1.82, 2.24) is 20.2 Å². The number of carbonyl (C=O) groups is 2. The number of piperazine rings is 1. The second-order valence-electron chi connectivity index (χ2n) is 7.40. The van der Waals surface area contributed by atoms with E-state index in [0.717, 1.165) is 6.54 Å². The quantitative estimate of drug-likeness (QED) is 0.798. The molecule has 7 nitrogen and oxygen atoms in total. The third-order valence-electron chi connectivity index (χ3n) is 5.26. The monoisotopic (exact) mass is 355 g/mol. The van der Waals surface area contributed by atoms with Crippen LogP contribution in [0.15, 0.2) is 6.20 Å². The molecule has 2 heterocycles. The van der Waals surface area contributed by atoms with Gasteiger partial charge in [0.2, 0.25) is 5.91 Å². The minimum Gasteiger partial charge on any atom is -0.367 e. The van der Waals surface area contributed by atoms with E-state index in [4.69, 9.17) is 6.42 Å². The molecule has 2 amide bonds. The number of terminal acetylenes is 1. The first kappa shape index (κ1) is 18.2. The van der Waals surface area contributed by atoms with E-state index >= 15 is 0 Å². The molecule has 0 bridgehead atoms. The number of nitrogens with zero attached hydrogens (tertiary/aromatic N) is 3. The number of nitrogens with one attached hydrogen (secondary N) is 2. The Morgan fingerprint density at radius 1 is 1.46 bits per heavy atom. The van der Waals surface area contributed by atoms with Gasteiger partial charge >= 0.3 is 0 Å². The fourth-order valence-electron chi connectivity index (χ4n) is 3.57. The lowest BCUT2D eigenvalue weighted by Crippen LogP contribution is -2.63. The molecule has 2 aliphatic rings. The summed E-state index contributed by atoms with van der Waals surface area (Å²) in [5.74, 6) is 3.16. The molecule has 1 saturated heterocycles. The standard InChI is InChI=1S/C19H25N5O2/c1-4-14-16(21-11-13-7-5-6-8-13)22-12-15(23-14)17(25)24-10-9-20-18(26)19(24,2)3/h1,12-13H,5-11H2,2-3H3,(H,20,26)(H,21,22). The van der Waals surface area contributed by atoms with Gasteiger partial charge < -0.3 is 15.5 Å². The lowest BCUT2D eigenvalue weighted by Gasteiger charge is -2.40. The zero-order valence-electron chi connectivity index (χ0n) is 15.3. The van der Waals surface area contributed by atoms with Gasteiger partial charge in [0.1, 0.15) is 11.2 Å². The maximum Gasteiger partial charge on any atom is 0.275 e. The zero-order chi connectivity index (χ0) is 18.7. The minimum atomic E-state index is -0.938. The zero-order valence-corrected chi connectivity index (χ0v) is 15.3. The van der Waals surface area contributed by atoms with Crippen LogP contribution in [0, 0.1) is 18.3 Å². The van der Waals surface area contributed by atoms with E-state index < -0.39 is 5.54 Å². The van der Waals surface area contributed by atoms with Crippen LogP contribution in [0.4, 0.5) is 5.82 Å². The van der Waals surface area contributed by atoms with E-state index in [1.54, 1.807) is 13.8 Å². The number of aromatic nitrogens is 2. The summed E-state index contributed by atoms with van der Waals surface area (Å²) >= 11 is 0. The van der Waals surface area contributed by atoms with Crippen molar-refractivity contribution >= 4 is 17.6 Å². The lowest BCUT2D eigenvalue weighted by atomic mass is 9.98. The number of hydrogen-bond acceptors (Lipinski definition) is 5. The van der Waals surface area contributed by atoms with E-state index in [9.17, 15) is 9.59 Å². The van der Waals surface area contributed by atoms with Crippen LogP contribution in [0.5, 0.6) is 0 Å². The molecule has 0 spiro atoms. The average Bonchev–Trinajstić information content (AvgIpc) is 3.15. The Hall–Kier alpha value is -2.62. The summed E-state index contributed by atoms with van der Waals surface area (Å²) in [7, 11) is 0. The third kappa shape index (κ3) is 3.50. The largest absolute Gasteiger partial charge is 0.367 e. The first-order valence-electron chi connectivity index (χ1n) is 9.11. The minimum absolute atomic E-state index is 0.159. The third-order valence-corrected chi connectivity index (χ3v) is 5.26. The molecule has 26 heavy (non-hydrogen) atoms. The van der Waals surface area contributed by atoms with Gasteiger partial charge in [-0.1, -0.05) is 12.8 Å². The van der Waals surface area contributed by atoms with E-state index in [0.29, 0.717) is 30.5 Å². The lowest BCUT2D eigenvalue weighted by molar-refractivity contribution is -0.133. The van der Waals surface area contributed by atoms with Crippen molar-refractivity contribution in [2.24, 2.45) is 5.92 Å². The van der Waals surface area contributed by atoms with Gasteiger partial charge in [-0.05, 0) is 38.5 Å². The topological polar surface area (TPSA) is 87.2 Å². The van der Waals surface area contributed by atoms with Crippen molar-refractivity contribution in [3.63, 3.8) is 0 Å². The fraction of sp³-hybridized carbons (Fsp3) is 0.579. The summed E-state index contributed by atoms with van der Waals surface area (Å²) < 4.78 is 0. The summed E-state index contributed by atoms with van der Waals surface area (Å²) in [4.78, 5) is 35.1. The van der Waals surface area contributed by atoms with Crippen LogP contribution in [0.1, 0.15) is 55.7 Å². The van der Waals surface area contributed by atoms with Crippen LogP contribution in [-0.4, -0.2) is 51.9 Å². The normalized spacial score (nSPS) is 19.7. The molecule has 1 aliphatic carbocycles. The van der Waals surface area contributed by atoms with Crippen LogP contribution in [0.2, 0.25) is 0 Å². The molecule has 1 aromatic rings. The molecule has 7 heteroatoms. The van der Waals surface area contributed by atoms with Crippen LogP contribution in [-0.2, 0) is 4.79 Å². The van der Waals surface area contributed by atoms with E-state index in [1.165, 1.54) is 36.8 Å². The Bertz CT molecular complexity index is 747. The molecule has 1 aliphatic heterocycles. The van der Waals surface area contributed by atoms with Crippen molar-refractivity contribution in [3.8, 4) is 12.3 Å². The molecule has 0 atom stereocenters. The maximum absolute atomic E-state index is 12.9. The summed E-state index contributed by atoms with van der Waals surface area (Å²) in [6.45, 7) is 5.09. The van der Waals surface area contributed by atoms with Crippen molar-refractivity contribution in [2.45, 2.75) is 45.1 Å². The summed E-state index contributed by atoms with van der Waals surface area (Å²) in [5.41, 5.74) is -0.451. The van der Waals surface area contributed by atoms with Crippen LogP contribution < -0.4 is 10.6 Å². The van der Waals surface area contributed by atoms with Crippen LogP contribution >= 0.6 is 0 Å². The van der Waals surface area contributed by atoms with Gasteiger partial charge in [0.05, 0.1) is 6.20 Å². The number of carbonyl (C=O) groups excluding carboxylic acids is 2. The molecule has 138 valence electrons. The molecule has 1 saturated carbocycles. The number of rotatable bonds is 4. The average molecular weight is 355 g/mol. The Balaban J connectivity index is 1.77. The van der Waals surface area contributed by atoms with Crippen molar-refractivity contribution in [1.29, 1.82) is 0 Å². The summed E-state index contributed by atoms with van der Waals surface area (Å²) in [6, 6.07) is 0. The highest BCUT2D eigenvalue weighted by Crippen LogP contribution is 2.25. The number of hydrogen-bond donors (Lipinski definition) is 2. The second kappa shape index (κ2) is 7.32. The second-order valence-corrected chi connectivity index (χ2v) is 7.40. The molecule has 0 unspecified atom stereocenters. The molecule has 2 fully saturated rings. The number of anilines is 1. The fourth-order valence-corrected chi connectivity index (χ4v) is 3.57. The molecule has 3 rings (SSSR count). The highest BCUT2D eigenvalue weighted by molar-refractivity contribution is 5.98. The van der Waals surface area contributed by atoms with Gasteiger partial charge in [0.15, 0.2) is 11.5 Å². The predicted molar refractivity (Wildman–Crippen MR) is 98.5 cm³/mol. The van der Waals surface area contributed by atoms with Gasteiger partial charge in [-0.15, -0.1) is 6.42 Å². The van der Waals surface area contributed by atoms with Crippen molar-refractivity contribution in [2.75, 3.05) is 25.0 Å². The molecular weight excluding hydrogens is 330 g/mol. The van der Waals surface area contributed by atoms with Gasteiger partial charge in [0.25, 0.3) is 5.91 Å².